The lowest BCUT2D eigenvalue weighted by Gasteiger charge is -2.33. The van der Waals surface area contributed by atoms with E-state index in [0.29, 0.717) is 37.0 Å². The van der Waals surface area contributed by atoms with Crippen LogP contribution in [0, 0.1) is 0 Å². The molecule has 148 valence electrons. The number of hydrogen-bond acceptors (Lipinski definition) is 5. The molecule has 1 saturated heterocycles. The zero-order chi connectivity index (χ0) is 20.1. The molecule has 1 aliphatic heterocycles. The monoisotopic (exact) mass is 407 g/mol. The number of rotatable bonds is 6. The molecule has 2 N–H and O–H groups in total. The summed E-state index contributed by atoms with van der Waals surface area (Å²) >= 11 is 0.362. The number of halogens is 2. The molecule has 1 aromatic heterocycles. The van der Waals surface area contributed by atoms with Crippen molar-refractivity contribution in [3.8, 4) is 5.75 Å². The molecule has 1 aromatic carbocycles. The average Bonchev–Trinajstić information content (AvgIpc) is 2.68. The number of carbonyl (C=O) groups is 2. The van der Waals surface area contributed by atoms with Crippen molar-refractivity contribution in [2.45, 2.75) is 29.6 Å². The molecule has 0 spiro atoms. The van der Waals surface area contributed by atoms with E-state index >= 15 is 0 Å². The van der Waals surface area contributed by atoms with Gasteiger partial charge in [-0.3, -0.25) is 14.6 Å². The molecule has 1 atom stereocenters. The summed E-state index contributed by atoms with van der Waals surface area (Å²) in [5.74, 6) is -3.11. The van der Waals surface area contributed by atoms with Crippen LogP contribution in [0.4, 0.5) is 8.78 Å². The number of alkyl halides is 2. The van der Waals surface area contributed by atoms with Crippen LogP contribution in [0.5, 0.6) is 5.75 Å². The topological polar surface area (TPSA) is 85.5 Å². The third kappa shape index (κ3) is 4.98. The maximum Gasteiger partial charge on any atom is 0.288 e. The van der Waals surface area contributed by atoms with Crippen LogP contribution < -0.4 is 10.5 Å². The van der Waals surface area contributed by atoms with E-state index in [9.17, 15) is 18.4 Å². The predicted molar refractivity (Wildman–Crippen MR) is 101 cm³/mol. The average molecular weight is 407 g/mol. The first kappa shape index (κ1) is 20.1. The zero-order valence-electron chi connectivity index (χ0n) is 14.9. The predicted octanol–water partition coefficient (Wildman–Crippen LogP) is 3.18. The zero-order valence-corrected chi connectivity index (χ0v) is 15.7. The van der Waals surface area contributed by atoms with Gasteiger partial charge in [0.25, 0.3) is 17.6 Å². The van der Waals surface area contributed by atoms with Crippen molar-refractivity contribution in [1.29, 1.82) is 0 Å². The molecule has 3 rings (SSSR count). The van der Waals surface area contributed by atoms with E-state index in [1.807, 2.05) is 0 Å². The number of likely N-dealkylation sites (tertiary alicyclic amines) is 1. The van der Waals surface area contributed by atoms with E-state index in [-0.39, 0.29) is 28.2 Å². The molecule has 1 unspecified atom stereocenters. The Labute approximate surface area is 165 Å². The highest BCUT2D eigenvalue weighted by molar-refractivity contribution is 7.99. The van der Waals surface area contributed by atoms with Gasteiger partial charge in [-0.25, -0.2) is 0 Å². The minimum absolute atomic E-state index is 0.0965. The number of ether oxygens (including phenoxy) is 1. The summed E-state index contributed by atoms with van der Waals surface area (Å²) in [6.07, 6.45) is 2.59. The third-order valence-electron chi connectivity index (χ3n) is 4.29. The van der Waals surface area contributed by atoms with Crippen molar-refractivity contribution in [1.82, 2.24) is 9.88 Å². The van der Waals surface area contributed by atoms with Gasteiger partial charge in [-0.1, -0.05) is 23.9 Å². The number of piperidine rings is 1. The Bertz CT molecular complexity index is 866. The Morgan fingerprint density at radius 1 is 1.29 bits per heavy atom. The number of nitrogens with zero attached hydrogens (tertiary/aromatic N) is 2. The molecule has 0 radical (unpaired) electrons. The quantitative estimate of drug-likeness (QED) is 0.744. The molecule has 9 heteroatoms. The van der Waals surface area contributed by atoms with Crippen molar-refractivity contribution in [2.75, 3.05) is 13.1 Å². The Balaban J connectivity index is 1.71. The van der Waals surface area contributed by atoms with Gasteiger partial charge in [0.05, 0.1) is 12.1 Å². The molecule has 1 aliphatic rings. The first-order valence-electron chi connectivity index (χ1n) is 8.69. The van der Waals surface area contributed by atoms with E-state index in [0.717, 1.165) is 6.42 Å². The number of amides is 2. The number of pyridine rings is 1. The van der Waals surface area contributed by atoms with Crippen LogP contribution in [0.2, 0.25) is 0 Å². The number of hydrogen-bond donors (Lipinski definition) is 1. The molecule has 2 aromatic rings. The van der Waals surface area contributed by atoms with Crippen LogP contribution in [0.15, 0.2) is 47.5 Å². The lowest BCUT2D eigenvalue weighted by Crippen LogP contribution is -2.44. The SMILES string of the molecule is NC(=O)c1cc(OC2CCCN(C(=O)c3ccccc3SC(F)F)C2)ccn1. The number of nitrogens with two attached hydrogens (primary N) is 1. The summed E-state index contributed by atoms with van der Waals surface area (Å²) in [5.41, 5.74) is 5.58. The smallest absolute Gasteiger partial charge is 0.288 e. The van der Waals surface area contributed by atoms with Crippen LogP contribution in [-0.2, 0) is 0 Å². The minimum atomic E-state index is -2.60. The molecule has 2 heterocycles. The van der Waals surface area contributed by atoms with Gasteiger partial charge in [0, 0.05) is 23.7 Å². The largest absolute Gasteiger partial charge is 0.488 e. The Hall–Kier alpha value is -2.68. The van der Waals surface area contributed by atoms with Gasteiger partial charge >= 0.3 is 0 Å². The number of carbonyl (C=O) groups excluding carboxylic acids is 2. The number of benzene rings is 1. The first-order chi connectivity index (χ1) is 13.4. The van der Waals surface area contributed by atoms with Gasteiger partial charge in [-0.2, -0.15) is 8.78 Å². The summed E-state index contributed by atoms with van der Waals surface area (Å²) in [5, 5.41) is 0. The van der Waals surface area contributed by atoms with E-state index in [1.165, 1.54) is 18.3 Å². The summed E-state index contributed by atoms with van der Waals surface area (Å²) < 4.78 is 31.5. The van der Waals surface area contributed by atoms with Gasteiger partial charge in [-0.05, 0) is 31.0 Å². The Morgan fingerprint density at radius 3 is 2.82 bits per heavy atom. The second-order valence-corrected chi connectivity index (χ2v) is 7.28. The number of aromatic nitrogens is 1. The second kappa shape index (κ2) is 9.01. The standard InChI is InChI=1S/C19H19F2N3O3S/c20-19(21)28-16-6-2-1-5-14(16)18(26)24-9-3-4-13(11-24)27-12-7-8-23-15(10-12)17(22)25/h1-2,5-8,10,13,19H,3-4,9,11H2,(H2,22,25). The minimum Gasteiger partial charge on any atom is -0.488 e. The Kier molecular flexibility index (Phi) is 6.45. The number of primary amides is 1. The van der Waals surface area contributed by atoms with Gasteiger partial charge in [-0.15, -0.1) is 0 Å². The van der Waals surface area contributed by atoms with Crippen LogP contribution in [0.25, 0.3) is 0 Å². The molecule has 1 fully saturated rings. The van der Waals surface area contributed by atoms with Crippen molar-refractivity contribution in [2.24, 2.45) is 5.73 Å². The highest BCUT2D eigenvalue weighted by atomic mass is 32.2. The maximum absolute atomic E-state index is 12.9. The molecular weight excluding hydrogens is 388 g/mol. The van der Waals surface area contributed by atoms with Crippen LogP contribution >= 0.6 is 11.8 Å². The molecule has 2 amide bonds. The van der Waals surface area contributed by atoms with Crippen molar-refractivity contribution in [3.63, 3.8) is 0 Å². The normalized spacial score (nSPS) is 16.8. The lowest BCUT2D eigenvalue weighted by atomic mass is 10.1. The van der Waals surface area contributed by atoms with Gasteiger partial charge in [0.15, 0.2) is 0 Å². The molecule has 0 bridgehead atoms. The van der Waals surface area contributed by atoms with Crippen LogP contribution in [0.1, 0.15) is 33.7 Å². The molecule has 0 aliphatic carbocycles. The van der Waals surface area contributed by atoms with Crippen LogP contribution in [-0.4, -0.2) is 46.6 Å². The lowest BCUT2D eigenvalue weighted by molar-refractivity contribution is 0.0534. The summed E-state index contributed by atoms with van der Waals surface area (Å²) in [6, 6.07) is 9.43. The fourth-order valence-electron chi connectivity index (χ4n) is 3.04. The summed E-state index contributed by atoms with van der Waals surface area (Å²) in [7, 11) is 0. The van der Waals surface area contributed by atoms with Gasteiger partial charge < -0.3 is 15.4 Å². The first-order valence-corrected chi connectivity index (χ1v) is 9.57. The van der Waals surface area contributed by atoms with Crippen molar-refractivity contribution >= 4 is 23.6 Å². The molecule has 6 nitrogen and oxygen atoms in total. The van der Waals surface area contributed by atoms with Gasteiger partial charge in [0.2, 0.25) is 0 Å². The van der Waals surface area contributed by atoms with Crippen molar-refractivity contribution in [3.05, 3.63) is 53.9 Å². The highest BCUT2D eigenvalue weighted by Gasteiger charge is 2.27. The maximum atomic E-state index is 12.9. The van der Waals surface area contributed by atoms with E-state index in [2.05, 4.69) is 4.98 Å². The number of thioether (sulfide) groups is 1. The van der Waals surface area contributed by atoms with Crippen molar-refractivity contribution < 1.29 is 23.1 Å². The van der Waals surface area contributed by atoms with E-state index in [4.69, 9.17) is 10.5 Å². The molecular formula is C19H19F2N3O3S. The molecule has 0 saturated carbocycles. The van der Waals surface area contributed by atoms with E-state index < -0.39 is 11.7 Å². The summed E-state index contributed by atoms with van der Waals surface area (Å²) in [6.45, 7) is 0.843. The fraction of sp³-hybridized carbons (Fsp3) is 0.316. The molecule has 28 heavy (non-hydrogen) atoms. The van der Waals surface area contributed by atoms with Gasteiger partial charge in [0.1, 0.15) is 17.5 Å². The third-order valence-corrected chi connectivity index (χ3v) is 5.07. The second-order valence-electron chi connectivity index (χ2n) is 6.25. The fourth-order valence-corrected chi connectivity index (χ4v) is 3.67. The summed E-state index contributed by atoms with van der Waals surface area (Å²) in [4.78, 5) is 29.9. The van der Waals surface area contributed by atoms with E-state index in [1.54, 1.807) is 29.2 Å². The van der Waals surface area contributed by atoms with Crippen LogP contribution in [0.3, 0.4) is 0 Å². The highest BCUT2D eigenvalue weighted by Crippen LogP contribution is 2.30. The Morgan fingerprint density at radius 2 is 2.07 bits per heavy atom.